The fraction of sp³-hybridized carbons (Fsp3) is 0.955. The molecule has 0 spiro atoms. The second-order valence-corrected chi connectivity index (χ2v) is 8.66. The highest BCUT2D eigenvalue weighted by Gasteiger charge is 2.20. The fourth-order valence-electron chi connectivity index (χ4n) is 4.33. The van der Waals surface area contributed by atoms with Crippen LogP contribution in [0.15, 0.2) is 4.99 Å². The molecular weight excluding hydrogens is 352 g/mol. The first kappa shape index (κ1) is 23.4. The van der Waals surface area contributed by atoms with Crippen molar-refractivity contribution in [3.63, 3.8) is 0 Å². The third-order valence-corrected chi connectivity index (χ3v) is 5.53. The van der Waals surface area contributed by atoms with Gasteiger partial charge in [-0.3, -0.25) is 4.99 Å². The number of rotatable bonds is 12. The van der Waals surface area contributed by atoms with Crippen LogP contribution < -0.4 is 10.6 Å². The van der Waals surface area contributed by atoms with Gasteiger partial charge < -0.3 is 25.0 Å². The molecule has 3 unspecified atom stereocenters. The molecule has 2 N–H and O–H groups in total. The molecule has 0 aromatic carbocycles. The minimum atomic E-state index is 0.318. The molecule has 2 aliphatic heterocycles. The maximum Gasteiger partial charge on any atom is 0.191 e. The third-order valence-electron chi connectivity index (χ3n) is 5.53. The number of hydrogen-bond acceptors (Lipinski definition) is 4. The topological polar surface area (TPSA) is 58.1 Å². The van der Waals surface area contributed by atoms with Crippen LogP contribution in [-0.4, -0.2) is 76.1 Å². The first-order valence-corrected chi connectivity index (χ1v) is 11.6. The van der Waals surface area contributed by atoms with Crippen molar-refractivity contribution >= 4 is 5.96 Å². The maximum absolute atomic E-state index is 5.71. The summed E-state index contributed by atoms with van der Waals surface area (Å²) in [5.41, 5.74) is 0. The Morgan fingerprint density at radius 1 is 1.14 bits per heavy atom. The molecule has 2 saturated heterocycles. The van der Waals surface area contributed by atoms with Crippen molar-refractivity contribution in [2.24, 2.45) is 16.8 Å². The highest BCUT2D eigenvalue weighted by atomic mass is 16.5. The first-order valence-electron chi connectivity index (χ1n) is 11.6. The molecule has 0 aliphatic carbocycles. The summed E-state index contributed by atoms with van der Waals surface area (Å²) in [4.78, 5) is 7.31. The molecular formula is C22H44N4O2. The molecule has 2 aliphatic rings. The van der Waals surface area contributed by atoms with E-state index in [0.717, 1.165) is 70.1 Å². The van der Waals surface area contributed by atoms with Gasteiger partial charge in [0.15, 0.2) is 5.96 Å². The zero-order valence-corrected chi connectivity index (χ0v) is 18.5. The summed E-state index contributed by atoms with van der Waals surface area (Å²) in [5.74, 6) is 2.63. The zero-order valence-electron chi connectivity index (χ0n) is 18.5. The molecule has 6 heteroatoms. The van der Waals surface area contributed by atoms with E-state index in [9.17, 15) is 0 Å². The quantitative estimate of drug-likeness (QED) is 0.302. The van der Waals surface area contributed by atoms with Gasteiger partial charge in [0.2, 0.25) is 0 Å². The SMILES string of the molecule is CCNC(=NCCCOCC1CCCO1)NCCCCN1CC(C)CC(C)C1. The molecule has 0 amide bonds. The van der Waals surface area contributed by atoms with Crippen molar-refractivity contribution in [1.82, 2.24) is 15.5 Å². The largest absolute Gasteiger partial charge is 0.379 e. The summed E-state index contributed by atoms with van der Waals surface area (Å²) in [7, 11) is 0. The van der Waals surface area contributed by atoms with Gasteiger partial charge in [0.1, 0.15) is 0 Å². The summed E-state index contributed by atoms with van der Waals surface area (Å²) in [6.07, 6.45) is 7.42. The lowest BCUT2D eigenvalue weighted by molar-refractivity contribution is 0.0171. The number of nitrogens with one attached hydrogen (secondary N) is 2. The van der Waals surface area contributed by atoms with E-state index in [1.165, 1.54) is 45.3 Å². The van der Waals surface area contributed by atoms with E-state index in [-0.39, 0.29) is 0 Å². The molecule has 0 saturated carbocycles. The second-order valence-electron chi connectivity index (χ2n) is 8.66. The summed E-state index contributed by atoms with van der Waals surface area (Å²) >= 11 is 0. The van der Waals surface area contributed by atoms with E-state index in [1.54, 1.807) is 0 Å². The molecule has 0 bridgehead atoms. The van der Waals surface area contributed by atoms with Crippen molar-refractivity contribution in [2.75, 3.05) is 59.1 Å². The number of aliphatic imine (C=N–C) groups is 1. The van der Waals surface area contributed by atoms with Crippen LogP contribution in [0.25, 0.3) is 0 Å². The minimum absolute atomic E-state index is 0.318. The van der Waals surface area contributed by atoms with Crippen molar-refractivity contribution in [1.29, 1.82) is 0 Å². The van der Waals surface area contributed by atoms with Gasteiger partial charge >= 0.3 is 0 Å². The van der Waals surface area contributed by atoms with Crippen LogP contribution in [-0.2, 0) is 9.47 Å². The van der Waals surface area contributed by atoms with Gasteiger partial charge in [0.25, 0.3) is 0 Å². The summed E-state index contributed by atoms with van der Waals surface area (Å²) in [6.45, 7) is 15.7. The van der Waals surface area contributed by atoms with Crippen molar-refractivity contribution in [2.45, 2.75) is 65.4 Å². The molecule has 2 heterocycles. The molecule has 3 atom stereocenters. The Balaban J connectivity index is 1.50. The number of ether oxygens (including phenoxy) is 2. The number of likely N-dealkylation sites (tertiary alicyclic amines) is 1. The lowest BCUT2D eigenvalue weighted by Crippen LogP contribution is -2.40. The molecule has 0 aromatic heterocycles. The first-order chi connectivity index (χ1) is 13.7. The molecule has 0 aromatic rings. The summed E-state index contributed by atoms with van der Waals surface area (Å²) in [5, 5.41) is 6.81. The van der Waals surface area contributed by atoms with E-state index in [2.05, 4.69) is 41.3 Å². The van der Waals surface area contributed by atoms with Gasteiger partial charge in [-0.1, -0.05) is 13.8 Å². The molecule has 28 heavy (non-hydrogen) atoms. The van der Waals surface area contributed by atoms with Crippen LogP contribution in [0.1, 0.15) is 59.3 Å². The Morgan fingerprint density at radius 2 is 1.96 bits per heavy atom. The number of guanidine groups is 1. The van der Waals surface area contributed by atoms with Crippen LogP contribution in [0.2, 0.25) is 0 Å². The van der Waals surface area contributed by atoms with Crippen LogP contribution >= 0.6 is 0 Å². The van der Waals surface area contributed by atoms with Crippen LogP contribution in [0.5, 0.6) is 0 Å². The smallest absolute Gasteiger partial charge is 0.191 e. The number of hydrogen-bond donors (Lipinski definition) is 2. The van der Waals surface area contributed by atoms with E-state index in [4.69, 9.17) is 9.47 Å². The second kappa shape index (κ2) is 14.2. The van der Waals surface area contributed by atoms with E-state index >= 15 is 0 Å². The summed E-state index contributed by atoms with van der Waals surface area (Å²) in [6, 6.07) is 0. The van der Waals surface area contributed by atoms with Gasteiger partial charge in [-0.25, -0.2) is 0 Å². The maximum atomic E-state index is 5.71. The lowest BCUT2D eigenvalue weighted by atomic mass is 9.92. The number of nitrogens with zero attached hydrogens (tertiary/aromatic N) is 2. The molecule has 164 valence electrons. The van der Waals surface area contributed by atoms with Gasteiger partial charge in [-0.05, 0) is 63.8 Å². The predicted molar refractivity (Wildman–Crippen MR) is 117 cm³/mol. The molecule has 6 nitrogen and oxygen atoms in total. The highest BCUT2D eigenvalue weighted by molar-refractivity contribution is 5.79. The normalized spacial score (nSPS) is 26.5. The van der Waals surface area contributed by atoms with Gasteiger partial charge in [-0.15, -0.1) is 0 Å². The fourth-order valence-corrected chi connectivity index (χ4v) is 4.33. The Kier molecular flexibility index (Phi) is 11.9. The van der Waals surface area contributed by atoms with Gasteiger partial charge in [-0.2, -0.15) is 0 Å². The zero-order chi connectivity index (χ0) is 20.0. The Morgan fingerprint density at radius 3 is 2.68 bits per heavy atom. The molecule has 2 fully saturated rings. The average molecular weight is 397 g/mol. The monoisotopic (exact) mass is 396 g/mol. The number of piperidine rings is 1. The highest BCUT2D eigenvalue weighted by Crippen LogP contribution is 2.20. The average Bonchev–Trinajstić information content (AvgIpc) is 3.16. The molecule has 0 radical (unpaired) electrons. The van der Waals surface area contributed by atoms with E-state index < -0.39 is 0 Å². The van der Waals surface area contributed by atoms with Crippen LogP contribution in [0, 0.1) is 11.8 Å². The Hall–Kier alpha value is -0.850. The van der Waals surface area contributed by atoms with E-state index in [0.29, 0.717) is 6.10 Å². The van der Waals surface area contributed by atoms with Crippen LogP contribution in [0.4, 0.5) is 0 Å². The van der Waals surface area contributed by atoms with Crippen molar-refractivity contribution in [3.05, 3.63) is 0 Å². The van der Waals surface area contributed by atoms with Gasteiger partial charge in [0, 0.05) is 45.9 Å². The third kappa shape index (κ3) is 10.1. The van der Waals surface area contributed by atoms with E-state index in [1.807, 2.05) is 0 Å². The van der Waals surface area contributed by atoms with Crippen molar-refractivity contribution < 1.29 is 9.47 Å². The lowest BCUT2D eigenvalue weighted by Gasteiger charge is -2.34. The Labute approximate surface area is 172 Å². The standard InChI is InChI=1S/C22H44N4O2/c1-4-23-22(25-11-8-13-27-18-21-9-7-14-28-21)24-10-5-6-12-26-16-19(2)15-20(3)17-26/h19-21H,4-18H2,1-3H3,(H2,23,24,25). The van der Waals surface area contributed by atoms with Gasteiger partial charge in [0.05, 0.1) is 12.7 Å². The molecule has 2 rings (SSSR count). The Bertz CT molecular complexity index is 417. The summed E-state index contributed by atoms with van der Waals surface area (Å²) < 4.78 is 11.3. The van der Waals surface area contributed by atoms with Crippen LogP contribution in [0.3, 0.4) is 0 Å². The minimum Gasteiger partial charge on any atom is -0.379 e. The predicted octanol–water partition coefficient (Wildman–Crippen LogP) is 2.89. The number of unbranched alkanes of at least 4 members (excludes halogenated alkanes) is 1. The van der Waals surface area contributed by atoms with Crippen molar-refractivity contribution in [3.8, 4) is 0 Å².